The maximum Gasteiger partial charge on any atom is 0.420 e. The minimum absolute atomic E-state index is 0.114. The van der Waals surface area contributed by atoms with E-state index in [0.717, 1.165) is 24.1 Å². The van der Waals surface area contributed by atoms with E-state index < -0.39 is 23.4 Å². The van der Waals surface area contributed by atoms with E-state index in [1.807, 2.05) is 26.0 Å². The fraction of sp³-hybridized carbons (Fsp3) is 0.458. The fourth-order valence-corrected chi connectivity index (χ4v) is 4.61. The molecule has 10 heteroatoms. The Morgan fingerprint density at radius 2 is 2.15 bits per heavy atom. The largest absolute Gasteiger partial charge is 0.455 e. The molecular weight excluding hydrogens is 449 g/mol. The number of halogens is 3. The second kappa shape index (κ2) is 8.57. The highest BCUT2D eigenvalue weighted by atomic mass is 19.4. The lowest BCUT2D eigenvalue weighted by Gasteiger charge is -2.17. The monoisotopic (exact) mass is 474 g/mol. The third-order valence-electron chi connectivity index (χ3n) is 6.33. The number of pyridine rings is 1. The van der Waals surface area contributed by atoms with Gasteiger partial charge in [-0.2, -0.15) is 18.3 Å². The summed E-state index contributed by atoms with van der Waals surface area (Å²) >= 11 is 0. The van der Waals surface area contributed by atoms with Gasteiger partial charge in [-0.05, 0) is 37.3 Å². The molecule has 1 fully saturated rings. The zero-order chi connectivity index (χ0) is 24.0. The zero-order valence-corrected chi connectivity index (χ0v) is 18.9. The standard InChI is InChI=1S/C24H25F3N4O3/c1-13-5-6-15(28-9-13)11-31-12-17-14(2)8-18-19(21(17)30-31)20(24(25,26)27)22(34-18)23(32)29-10-16-4-3-7-33-16/h5-6,9,12,14,16H,3-4,7-8,10-11H2,1-2H3,(H,29,32)/t14?,16-/m0/s1. The van der Waals surface area contributed by atoms with Crippen LogP contribution in [0.1, 0.15) is 64.4 Å². The van der Waals surface area contributed by atoms with Crippen LogP contribution in [0.4, 0.5) is 13.2 Å². The van der Waals surface area contributed by atoms with Gasteiger partial charge in [0.05, 0.1) is 29.6 Å². The molecule has 0 bridgehead atoms. The van der Waals surface area contributed by atoms with Crippen molar-refractivity contribution in [2.45, 2.75) is 57.9 Å². The van der Waals surface area contributed by atoms with Crippen molar-refractivity contribution in [1.29, 1.82) is 0 Å². The van der Waals surface area contributed by atoms with E-state index in [1.165, 1.54) is 0 Å². The summed E-state index contributed by atoms with van der Waals surface area (Å²) in [5.74, 6) is -1.59. The van der Waals surface area contributed by atoms with Crippen LogP contribution in [-0.4, -0.2) is 39.9 Å². The van der Waals surface area contributed by atoms with E-state index in [-0.39, 0.29) is 42.0 Å². The molecule has 1 amide bonds. The molecule has 0 saturated carbocycles. The molecule has 3 aromatic rings. The number of nitrogens with zero attached hydrogens (tertiary/aromatic N) is 3. The molecule has 0 spiro atoms. The van der Waals surface area contributed by atoms with Gasteiger partial charge in [-0.3, -0.25) is 14.5 Å². The zero-order valence-electron chi connectivity index (χ0n) is 18.9. The number of aryl methyl sites for hydroxylation is 1. The molecule has 2 aliphatic rings. The van der Waals surface area contributed by atoms with Gasteiger partial charge in [0.15, 0.2) is 0 Å². The second-order valence-electron chi connectivity index (χ2n) is 9.01. The molecule has 7 nitrogen and oxygen atoms in total. The topological polar surface area (TPSA) is 82.2 Å². The number of hydrogen-bond acceptors (Lipinski definition) is 5. The first-order valence-corrected chi connectivity index (χ1v) is 11.3. The fourth-order valence-electron chi connectivity index (χ4n) is 4.61. The van der Waals surface area contributed by atoms with E-state index in [9.17, 15) is 18.0 Å². The van der Waals surface area contributed by atoms with Gasteiger partial charge in [0.25, 0.3) is 5.91 Å². The number of hydrogen-bond donors (Lipinski definition) is 1. The maximum absolute atomic E-state index is 14.2. The van der Waals surface area contributed by atoms with Crippen LogP contribution in [-0.2, 0) is 23.9 Å². The Kier molecular flexibility index (Phi) is 5.71. The van der Waals surface area contributed by atoms with Crippen LogP contribution in [0, 0.1) is 6.92 Å². The summed E-state index contributed by atoms with van der Waals surface area (Å²) in [7, 11) is 0. The van der Waals surface area contributed by atoms with Crippen molar-refractivity contribution in [3.8, 4) is 11.3 Å². The number of alkyl halides is 3. The highest BCUT2D eigenvalue weighted by Crippen LogP contribution is 2.48. The lowest BCUT2D eigenvalue weighted by Crippen LogP contribution is -2.32. The Morgan fingerprint density at radius 1 is 1.32 bits per heavy atom. The summed E-state index contributed by atoms with van der Waals surface area (Å²) in [6.07, 6.45) is 0.390. The SMILES string of the molecule is Cc1ccc(Cn2cc3c(n2)-c2c(oc(C(=O)NC[C@@H]4CCCO4)c2C(F)(F)F)CC3C)nc1. The molecule has 2 atom stereocenters. The normalized spacial score (nSPS) is 19.7. The highest BCUT2D eigenvalue weighted by molar-refractivity contribution is 5.96. The summed E-state index contributed by atoms with van der Waals surface area (Å²) < 4.78 is 55.4. The summed E-state index contributed by atoms with van der Waals surface area (Å²) in [6, 6.07) is 3.78. The number of fused-ring (bicyclic) bond motifs is 3. The van der Waals surface area contributed by atoms with Crippen molar-refractivity contribution < 1.29 is 27.1 Å². The Morgan fingerprint density at radius 3 is 2.82 bits per heavy atom. The van der Waals surface area contributed by atoms with Crippen molar-refractivity contribution in [2.75, 3.05) is 13.2 Å². The predicted molar refractivity (Wildman–Crippen MR) is 116 cm³/mol. The average molecular weight is 474 g/mol. The van der Waals surface area contributed by atoms with Gasteiger partial charge in [-0.1, -0.05) is 13.0 Å². The molecule has 0 aromatic carbocycles. The van der Waals surface area contributed by atoms with Crippen LogP contribution in [0.25, 0.3) is 11.3 Å². The molecule has 180 valence electrons. The molecule has 5 rings (SSSR count). The third-order valence-corrected chi connectivity index (χ3v) is 6.33. The molecule has 1 saturated heterocycles. The molecule has 34 heavy (non-hydrogen) atoms. The van der Waals surface area contributed by atoms with Gasteiger partial charge in [0.1, 0.15) is 11.3 Å². The summed E-state index contributed by atoms with van der Waals surface area (Å²) in [5.41, 5.74) is 1.45. The molecular formula is C24H25F3N4O3. The number of ether oxygens (including phenoxy) is 1. The number of aromatic nitrogens is 3. The van der Waals surface area contributed by atoms with Gasteiger partial charge in [0.2, 0.25) is 5.76 Å². The summed E-state index contributed by atoms with van der Waals surface area (Å²) in [6.45, 7) is 4.89. The van der Waals surface area contributed by atoms with Crippen molar-refractivity contribution in [3.05, 3.63) is 58.4 Å². The van der Waals surface area contributed by atoms with Gasteiger partial charge >= 0.3 is 6.18 Å². The molecule has 1 N–H and O–H groups in total. The number of furan rings is 1. The van der Waals surface area contributed by atoms with Crippen LogP contribution >= 0.6 is 0 Å². The average Bonchev–Trinajstić information content (AvgIpc) is 3.51. The molecule has 3 aromatic heterocycles. The second-order valence-corrected chi connectivity index (χ2v) is 9.01. The van der Waals surface area contributed by atoms with Gasteiger partial charge in [-0.25, -0.2) is 0 Å². The lowest BCUT2D eigenvalue weighted by atomic mass is 9.86. The maximum atomic E-state index is 14.2. The smallest absolute Gasteiger partial charge is 0.420 e. The van der Waals surface area contributed by atoms with Crippen LogP contribution in [0.15, 0.2) is 28.9 Å². The Balaban J connectivity index is 1.51. The van der Waals surface area contributed by atoms with Crippen molar-refractivity contribution in [3.63, 3.8) is 0 Å². The quantitative estimate of drug-likeness (QED) is 0.590. The van der Waals surface area contributed by atoms with Crippen LogP contribution in [0.2, 0.25) is 0 Å². The number of amides is 1. The van der Waals surface area contributed by atoms with Crippen molar-refractivity contribution >= 4 is 5.91 Å². The Hall–Kier alpha value is -3.14. The van der Waals surface area contributed by atoms with E-state index >= 15 is 0 Å². The molecule has 1 aliphatic heterocycles. The minimum Gasteiger partial charge on any atom is -0.455 e. The Bertz CT molecular complexity index is 1210. The number of carbonyl (C=O) groups is 1. The van der Waals surface area contributed by atoms with Crippen LogP contribution in [0.5, 0.6) is 0 Å². The third kappa shape index (κ3) is 4.22. The molecule has 4 heterocycles. The van der Waals surface area contributed by atoms with Crippen LogP contribution < -0.4 is 5.32 Å². The van der Waals surface area contributed by atoms with Gasteiger partial charge < -0.3 is 14.5 Å². The van der Waals surface area contributed by atoms with Gasteiger partial charge in [0, 0.05) is 37.5 Å². The summed E-state index contributed by atoms with van der Waals surface area (Å²) in [5, 5.41) is 7.03. The van der Waals surface area contributed by atoms with Crippen LogP contribution in [0.3, 0.4) is 0 Å². The molecule has 1 aliphatic carbocycles. The minimum atomic E-state index is -4.78. The number of nitrogens with one attached hydrogen (secondary N) is 1. The van der Waals surface area contributed by atoms with E-state index in [2.05, 4.69) is 15.4 Å². The summed E-state index contributed by atoms with van der Waals surface area (Å²) in [4.78, 5) is 17.1. The van der Waals surface area contributed by atoms with Gasteiger partial charge in [-0.15, -0.1) is 0 Å². The lowest BCUT2D eigenvalue weighted by molar-refractivity contribution is -0.137. The van der Waals surface area contributed by atoms with E-state index in [1.54, 1.807) is 17.1 Å². The predicted octanol–water partition coefficient (Wildman–Crippen LogP) is 4.48. The van der Waals surface area contributed by atoms with E-state index in [0.29, 0.717) is 18.7 Å². The molecule has 1 unspecified atom stereocenters. The first kappa shape index (κ1) is 22.6. The van der Waals surface area contributed by atoms with Crippen molar-refractivity contribution in [1.82, 2.24) is 20.1 Å². The number of rotatable bonds is 5. The molecule has 0 radical (unpaired) electrons. The number of carbonyl (C=O) groups excluding carboxylic acids is 1. The first-order valence-electron chi connectivity index (χ1n) is 11.3. The highest BCUT2D eigenvalue weighted by Gasteiger charge is 2.46. The van der Waals surface area contributed by atoms with E-state index in [4.69, 9.17) is 9.15 Å². The first-order chi connectivity index (χ1) is 16.2. The van der Waals surface area contributed by atoms with Crippen molar-refractivity contribution in [2.24, 2.45) is 0 Å². The Labute approximate surface area is 194 Å².